The summed E-state index contributed by atoms with van der Waals surface area (Å²) in [5, 5.41) is 13.5. The Kier molecular flexibility index (Phi) is 9.41. The van der Waals surface area contributed by atoms with Gasteiger partial charge in [-0.2, -0.15) is 11.3 Å². The van der Waals surface area contributed by atoms with Crippen molar-refractivity contribution in [2.45, 2.75) is 53.4 Å². The standard InChI is InChI=1S/C27H24NS.C5H8O2.Ir/c1-16(2)18-11-12-21-19(15-18)13-14-28-25(21)24-10-6-9-23-22-8-5-7-20(17(3)4)26(22)29-27(23)24;1-4(6)3-5(2)7;/h5-9,11-17H,1-4H3;3,6H,1-2H3;/q-1;;/b;4-3-;. The molecule has 0 aliphatic heterocycles. The van der Waals surface area contributed by atoms with Crippen molar-refractivity contribution in [1.82, 2.24) is 4.98 Å². The zero-order valence-corrected chi connectivity index (χ0v) is 25.3. The molecule has 0 fully saturated rings. The maximum atomic E-state index is 10.0. The summed E-state index contributed by atoms with van der Waals surface area (Å²) < 4.78 is 2.67. The van der Waals surface area contributed by atoms with E-state index in [4.69, 9.17) is 10.1 Å². The van der Waals surface area contributed by atoms with Gasteiger partial charge in [-0.1, -0.05) is 69.5 Å². The Hall–Kier alpha value is -2.85. The first kappa shape index (κ1) is 28.7. The molecule has 5 heteroatoms. The predicted octanol–water partition coefficient (Wildman–Crippen LogP) is 9.35. The number of carbonyl (C=O) groups is 1. The summed E-state index contributed by atoms with van der Waals surface area (Å²) in [4.78, 5) is 14.8. The van der Waals surface area contributed by atoms with Crippen molar-refractivity contribution in [1.29, 1.82) is 0 Å². The van der Waals surface area contributed by atoms with Crippen LogP contribution in [0.25, 0.3) is 42.2 Å². The number of nitrogens with zero attached hydrogens (tertiary/aromatic N) is 1. The summed E-state index contributed by atoms with van der Waals surface area (Å²) in [6.45, 7) is 11.9. The second-order valence-corrected chi connectivity index (χ2v) is 10.8. The number of thiophene rings is 1. The molecule has 2 aromatic heterocycles. The second kappa shape index (κ2) is 12.1. The van der Waals surface area contributed by atoms with Crippen molar-refractivity contribution >= 4 is 48.1 Å². The number of pyridine rings is 1. The van der Waals surface area contributed by atoms with Crippen LogP contribution in [-0.2, 0) is 24.9 Å². The van der Waals surface area contributed by atoms with Crippen LogP contribution in [0, 0.1) is 6.07 Å². The second-order valence-electron chi connectivity index (χ2n) is 9.77. The van der Waals surface area contributed by atoms with Crippen molar-refractivity contribution in [3.05, 3.63) is 89.8 Å². The molecule has 0 unspecified atom stereocenters. The molecule has 37 heavy (non-hydrogen) atoms. The van der Waals surface area contributed by atoms with Gasteiger partial charge in [0, 0.05) is 37.1 Å². The van der Waals surface area contributed by atoms with Gasteiger partial charge in [0.1, 0.15) is 0 Å². The van der Waals surface area contributed by atoms with E-state index in [0.29, 0.717) is 11.8 Å². The van der Waals surface area contributed by atoms with E-state index in [1.165, 1.54) is 62.0 Å². The molecule has 5 rings (SSSR count). The first-order valence-corrected chi connectivity index (χ1v) is 13.1. The van der Waals surface area contributed by atoms with Gasteiger partial charge < -0.3 is 10.1 Å². The van der Waals surface area contributed by atoms with Crippen LogP contribution in [0.5, 0.6) is 0 Å². The molecule has 2 heterocycles. The Labute approximate surface area is 236 Å². The molecule has 3 aromatic carbocycles. The molecule has 0 aliphatic carbocycles. The minimum Gasteiger partial charge on any atom is -0.512 e. The largest absolute Gasteiger partial charge is 0.512 e. The average molecular weight is 687 g/mol. The number of fused-ring (bicyclic) bond motifs is 4. The molecule has 3 nitrogen and oxygen atoms in total. The Bertz CT molecular complexity index is 1590. The number of ketones is 1. The van der Waals surface area contributed by atoms with Gasteiger partial charge >= 0.3 is 0 Å². The zero-order chi connectivity index (χ0) is 26.0. The molecular formula is C32H32IrNO2S-. The smallest absolute Gasteiger partial charge is 0.155 e. The maximum Gasteiger partial charge on any atom is 0.155 e. The number of benzene rings is 3. The first-order valence-electron chi connectivity index (χ1n) is 12.3. The zero-order valence-electron chi connectivity index (χ0n) is 22.0. The van der Waals surface area contributed by atoms with Crippen LogP contribution in [0.4, 0.5) is 0 Å². The molecule has 0 aliphatic rings. The van der Waals surface area contributed by atoms with Gasteiger partial charge in [-0.05, 0) is 69.4 Å². The first-order chi connectivity index (χ1) is 17.2. The SMILES string of the molecule is CC(=O)/C=C(/C)O.CC(C)c1ccc2c(-c3[c-]ccc4c3sc3c(C(C)C)cccc34)nccc2c1.[Ir]. The van der Waals surface area contributed by atoms with E-state index in [0.717, 1.165) is 11.3 Å². The summed E-state index contributed by atoms with van der Waals surface area (Å²) in [6.07, 6.45) is 3.10. The number of aromatic nitrogens is 1. The number of allylic oxidation sites excluding steroid dienone is 2. The minimum atomic E-state index is -0.125. The molecule has 0 bridgehead atoms. The molecule has 5 aromatic rings. The Morgan fingerprint density at radius 2 is 1.68 bits per heavy atom. The Morgan fingerprint density at radius 3 is 2.30 bits per heavy atom. The van der Waals surface area contributed by atoms with Crippen molar-refractivity contribution in [3.8, 4) is 11.3 Å². The summed E-state index contributed by atoms with van der Waals surface area (Å²) in [7, 11) is 0. The Balaban J connectivity index is 0.000000422. The normalized spacial score (nSPS) is 11.6. The van der Waals surface area contributed by atoms with Crippen LogP contribution in [0.1, 0.15) is 64.5 Å². The molecule has 0 atom stereocenters. The van der Waals surface area contributed by atoms with Gasteiger partial charge in [0.25, 0.3) is 0 Å². The summed E-state index contributed by atoms with van der Waals surface area (Å²) in [5.74, 6) is 0.958. The summed E-state index contributed by atoms with van der Waals surface area (Å²) in [5.41, 5.74) is 4.92. The van der Waals surface area contributed by atoms with E-state index >= 15 is 0 Å². The quantitative estimate of drug-likeness (QED) is 0.117. The molecule has 0 saturated carbocycles. The number of rotatable bonds is 4. The van der Waals surface area contributed by atoms with E-state index in [1.54, 1.807) is 0 Å². The van der Waals surface area contributed by atoms with Crippen LogP contribution < -0.4 is 0 Å². The minimum absolute atomic E-state index is 0. The maximum absolute atomic E-state index is 10.0. The molecule has 1 N–H and O–H groups in total. The third-order valence-corrected chi connectivity index (χ3v) is 7.50. The molecular weight excluding hydrogens is 655 g/mol. The average Bonchev–Trinajstić information content (AvgIpc) is 3.21. The van der Waals surface area contributed by atoms with Crippen molar-refractivity contribution in [3.63, 3.8) is 0 Å². The topological polar surface area (TPSA) is 50.2 Å². The van der Waals surface area contributed by atoms with E-state index in [-0.39, 0.29) is 31.6 Å². The number of hydrogen-bond acceptors (Lipinski definition) is 4. The fourth-order valence-electron chi connectivity index (χ4n) is 4.46. The fourth-order valence-corrected chi connectivity index (χ4v) is 5.92. The molecule has 1 radical (unpaired) electrons. The molecule has 0 saturated heterocycles. The van der Waals surface area contributed by atoms with Crippen LogP contribution in [0.3, 0.4) is 0 Å². The van der Waals surface area contributed by atoms with Crippen molar-refractivity contribution in [2.75, 3.05) is 0 Å². The van der Waals surface area contributed by atoms with Crippen molar-refractivity contribution in [2.24, 2.45) is 0 Å². The number of aliphatic hydroxyl groups is 1. The van der Waals surface area contributed by atoms with Gasteiger partial charge in [0.15, 0.2) is 5.78 Å². The van der Waals surface area contributed by atoms with Crippen LogP contribution in [0.2, 0.25) is 0 Å². The van der Waals surface area contributed by atoms with Crippen LogP contribution >= 0.6 is 11.3 Å². The molecule has 0 spiro atoms. The van der Waals surface area contributed by atoms with Gasteiger partial charge in [-0.3, -0.25) is 4.79 Å². The van der Waals surface area contributed by atoms with Crippen LogP contribution in [0.15, 0.2) is 72.6 Å². The van der Waals surface area contributed by atoms with Gasteiger partial charge in [-0.15, -0.1) is 23.8 Å². The third kappa shape index (κ3) is 6.18. The number of aliphatic hydroxyl groups excluding tert-OH is 1. The monoisotopic (exact) mass is 687 g/mol. The number of hydrogen-bond donors (Lipinski definition) is 1. The van der Waals surface area contributed by atoms with E-state index < -0.39 is 0 Å². The third-order valence-electron chi connectivity index (χ3n) is 6.22. The summed E-state index contributed by atoms with van der Waals surface area (Å²) in [6, 6.07) is 23.3. The van der Waals surface area contributed by atoms with Gasteiger partial charge in [-0.25, -0.2) is 0 Å². The summed E-state index contributed by atoms with van der Waals surface area (Å²) >= 11 is 1.88. The molecule has 193 valence electrons. The van der Waals surface area contributed by atoms with Crippen LogP contribution in [-0.4, -0.2) is 15.9 Å². The van der Waals surface area contributed by atoms with E-state index in [9.17, 15) is 4.79 Å². The van der Waals surface area contributed by atoms with E-state index in [2.05, 4.69) is 88.4 Å². The van der Waals surface area contributed by atoms with E-state index in [1.807, 2.05) is 17.5 Å². The van der Waals surface area contributed by atoms with Gasteiger partial charge in [0.05, 0.1) is 5.76 Å². The molecule has 0 amide bonds. The Morgan fingerprint density at radius 1 is 0.946 bits per heavy atom. The fraction of sp³-hybridized carbons (Fsp3) is 0.250. The predicted molar refractivity (Wildman–Crippen MR) is 154 cm³/mol. The van der Waals surface area contributed by atoms with Crippen molar-refractivity contribution < 1.29 is 30.0 Å². The van der Waals surface area contributed by atoms with Gasteiger partial charge in [0.2, 0.25) is 0 Å². The number of carbonyl (C=O) groups excluding carboxylic acids is 1.